The van der Waals surface area contributed by atoms with E-state index in [0.717, 1.165) is 6.42 Å². The van der Waals surface area contributed by atoms with Crippen molar-refractivity contribution in [1.29, 1.82) is 0 Å². The number of piperazine rings is 1. The van der Waals surface area contributed by atoms with Gasteiger partial charge in [-0.05, 0) is 24.8 Å². The molecule has 1 saturated heterocycles. The van der Waals surface area contributed by atoms with Crippen molar-refractivity contribution in [3.8, 4) is 0 Å². The molecular formula is C18H22N2O4. The second-order valence-corrected chi connectivity index (χ2v) is 6.20. The average molecular weight is 330 g/mol. The van der Waals surface area contributed by atoms with Gasteiger partial charge in [0.1, 0.15) is 0 Å². The van der Waals surface area contributed by atoms with Gasteiger partial charge < -0.3 is 14.5 Å². The molecule has 0 N–H and O–H groups in total. The minimum absolute atomic E-state index is 0.0553. The third-order valence-electron chi connectivity index (χ3n) is 4.66. The first-order valence-corrected chi connectivity index (χ1v) is 8.41. The summed E-state index contributed by atoms with van der Waals surface area (Å²) in [5.41, 5.74) is 1.21. The lowest BCUT2D eigenvalue weighted by molar-refractivity contribution is -0.161. The van der Waals surface area contributed by atoms with Gasteiger partial charge in [0.25, 0.3) is 0 Å². The van der Waals surface area contributed by atoms with Gasteiger partial charge in [-0.1, -0.05) is 30.3 Å². The van der Waals surface area contributed by atoms with E-state index in [1.807, 2.05) is 23.1 Å². The minimum Gasteiger partial charge on any atom is -0.459 e. The summed E-state index contributed by atoms with van der Waals surface area (Å²) >= 11 is 0. The third kappa shape index (κ3) is 3.42. The van der Waals surface area contributed by atoms with Crippen molar-refractivity contribution in [2.75, 3.05) is 32.8 Å². The Hall–Kier alpha value is -2.37. The molecule has 1 aromatic rings. The summed E-state index contributed by atoms with van der Waals surface area (Å²) in [5, 5.41) is 0. The van der Waals surface area contributed by atoms with Crippen LogP contribution in [0.25, 0.3) is 0 Å². The molecule has 0 bridgehead atoms. The Bertz CT molecular complexity index is 623. The monoisotopic (exact) mass is 330 g/mol. The van der Waals surface area contributed by atoms with Gasteiger partial charge in [0.15, 0.2) is 0 Å². The van der Waals surface area contributed by atoms with Crippen LogP contribution in [-0.4, -0.2) is 60.4 Å². The van der Waals surface area contributed by atoms with Crippen LogP contribution in [0.15, 0.2) is 30.3 Å². The van der Waals surface area contributed by atoms with Gasteiger partial charge in [-0.15, -0.1) is 0 Å². The van der Waals surface area contributed by atoms with E-state index in [9.17, 15) is 14.4 Å². The Labute approximate surface area is 141 Å². The maximum Gasteiger partial charge on any atom is 0.397 e. The number of hydrogen-bond donors (Lipinski definition) is 0. The highest BCUT2D eigenvalue weighted by Crippen LogP contribution is 2.48. The van der Waals surface area contributed by atoms with E-state index in [-0.39, 0.29) is 18.4 Å². The molecule has 2 amide bonds. The van der Waals surface area contributed by atoms with Crippen LogP contribution in [0, 0.1) is 5.92 Å². The van der Waals surface area contributed by atoms with E-state index >= 15 is 0 Å². The van der Waals surface area contributed by atoms with Crippen molar-refractivity contribution in [3.63, 3.8) is 0 Å². The molecule has 6 nitrogen and oxygen atoms in total. The molecule has 0 spiro atoms. The van der Waals surface area contributed by atoms with Crippen LogP contribution in [0.3, 0.4) is 0 Å². The molecule has 2 atom stereocenters. The molecule has 1 aliphatic heterocycles. The molecule has 1 saturated carbocycles. The summed E-state index contributed by atoms with van der Waals surface area (Å²) in [6.45, 7) is 3.56. The number of carbonyl (C=O) groups is 3. The standard InChI is InChI=1S/C18H22N2O4/c1-2-24-18(23)17(22)20-10-8-19(9-11-20)16(21)15-12-14(15)13-6-4-3-5-7-13/h3-7,14-15H,2,8-12H2,1H3. The number of amides is 2. The normalized spacial score (nSPS) is 22.9. The van der Waals surface area contributed by atoms with Gasteiger partial charge in [-0.3, -0.25) is 9.59 Å². The Morgan fingerprint density at radius 2 is 1.67 bits per heavy atom. The Balaban J connectivity index is 1.50. The fraction of sp³-hybridized carbons (Fsp3) is 0.500. The Morgan fingerprint density at radius 1 is 1.04 bits per heavy atom. The lowest BCUT2D eigenvalue weighted by atomic mass is 10.1. The maximum atomic E-state index is 12.6. The Morgan fingerprint density at radius 3 is 2.29 bits per heavy atom. The molecule has 0 radical (unpaired) electrons. The predicted octanol–water partition coefficient (Wildman–Crippen LogP) is 1.02. The fourth-order valence-electron chi connectivity index (χ4n) is 3.22. The molecule has 2 fully saturated rings. The molecule has 3 rings (SSSR count). The van der Waals surface area contributed by atoms with Gasteiger partial charge >= 0.3 is 11.9 Å². The lowest BCUT2D eigenvalue weighted by Gasteiger charge is -2.34. The molecule has 1 heterocycles. The topological polar surface area (TPSA) is 66.9 Å². The average Bonchev–Trinajstić information content (AvgIpc) is 3.42. The Kier molecular flexibility index (Phi) is 4.83. The van der Waals surface area contributed by atoms with Crippen molar-refractivity contribution >= 4 is 17.8 Å². The number of nitrogens with zero attached hydrogens (tertiary/aromatic N) is 2. The first-order valence-electron chi connectivity index (χ1n) is 8.41. The second kappa shape index (κ2) is 7.03. The van der Waals surface area contributed by atoms with E-state index in [2.05, 4.69) is 12.1 Å². The number of rotatable bonds is 3. The molecule has 1 aliphatic carbocycles. The highest BCUT2D eigenvalue weighted by atomic mass is 16.5. The van der Waals surface area contributed by atoms with Gasteiger partial charge in [0, 0.05) is 32.1 Å². The molecule has 128 valence electrons. The van der Waals surface area contributed by atoms with Gasteiger partial charge in [0.2, 0.25) is 5.91 Å². The number of ether oxygens (including phenoxy) is 1. The van der Waals surface area contributed by atoms with Crippen LogP contribution in [0.1, 0.15) is 24.8 Å². The number of benzene rings is 1. The summed E-state index contributed by atoms with van der Waals surface area (Å²) in [7, 11) is 0. The minimum atomic E-state index is -0.816. The molecule has 24 heavy (non-hydrogen) atoms. The highest BCUT2D eigenvalue weighted by Gasteiger charge is 2.46. The smallest absolute Gasteiger partial charge is 0.397 e. The van der Waals surface area contributed by atoms with Gasteiger partial charge in [0.05, 0.1) is 6.61 Å². The van der Waals surface area contributed by atoms with Crippen LogP contribution in [0.4, 0.5) is 0 Å². The third-order valence-corrected chi connectivity index (χ3v) is 4.66. The van der Waals surface area contributed by atoms with Gasteiger partial charge in [-0.25, -0.2) is 4.79 Å². The second-order valence-electron chi connectivity index (χ2n) is 6.20. The molecule has 2 aliphatic rings. The van der Waals surface area contributed by atoms with Crippen molar-refractivity contribution in [3.05, 3.63) is 35.9 Å². The molecule has 2 unspecified atom stereocenters. The number of carbonyl (C=O) groups excluding carboxylic acids is 3. The zero-order valence-corrected chi connectivity index (χ0v) is 13.8. The zero-order chi connectivity index (χ0) is 17.1. The van der Waals surface area contributed by atoms with Crippen molar-refractivity contribution in [1.82, 2.24) is 9.80 Å². The molecule has 0 aromatic heterocycles. The predicted molar refractivity (Wildman–Crippen MR) is 87.1 cm³/mol. The fourth-order valence-corrected chi connectivity index (χ4v) is 3.22. The van der Waals surface area contributed by atoms with Crippen LogP contribution in [0.5, 0.6) is 0 Å². The summed E-state index contributed by atoms with van der Waals surface area (Å²) in [6.07, 6.45) is 0.894. The molecule has 6 heteroatoms. The summed E-state index contributed by atoms with van der Waals surface area (Å²) in [6, 6.07) is 10.1. The molecule has 1 aromatic carbocycles. The van der Waals surface area contributed by atoms with Crippen molar-refractivity contribution in [2.45, 2.75) is 19.3 Å². The maximum absolute atomic E-state index is 12.6. The van der Waals surface area contributed by atoms with E-state index in [1.54, 1.807) is 6.92 Å². The van der Waals surface area contributed by atoms with E-state index < -0.39 is 11.9 Å². The van der Waals surface area contributed by atoms with E-state index in [0.29, 0.717) is 32.1 Å². The zero-order valence-electron chi connectivity index (χ0n) is 13.8. The molecular weight excluding hydrogens is 308 g/mol. The first-order chi connectivity index (χ1) is 11.6. The summed E-state index contributed by atoms with van der Waals surface area (Å²) in [4.78, 5) is 39.2. The SMILES string of the molecule is CCOC(=O)C(=O)N1CCN(C(=O)C2CC2c2ccccc2)CC1. The summed E-state index contributed by atoms with van der Waals surface area (Å²) < 4.78 is 4.73. The number of esters is 1. The van der Waals surface area contributed by atoms with E-state index in [1.165, 1.54) is 10.5 Å². The van der Waals surface area contributed by atoms with Crippen LogP contribution < -0.4 is 0 Å². The quantitative estimate of drug-likeness (QED) is 0.613. The van der Waals surface area contributed by atoms with Crippen molar-refractivity contribution in [2.24, 2.45) is 5.92 Å². The largest absolute Gasteiger partial charge is 0.459 e. The van der Waals surface area contributed by atoms with Gasteiger partial charge in [-0.2, -0.15) is 0 Å². The number of hydrogen-bond acceptors (Lipinski definition) is 4. The van der Waals surface area contributed by atoms with Crippen LogP contribution >= 0.6 is 0 Å². The van der Waals surface area contributed by atoms with Crippen LogP contribution in [0.2, 0.25) is 0 Å². The van der Waals surface area contributed by atoms with E-state index in [4.69, 9.17) is 4.74 Å². The lowest BCUT2D eigenvalue weighted by Crippen LogP contribution is -2.52. The first kappa shape index (κ1) is 16.5. The van der Waals surface area contributed by atoms with Crippen LogP contribution in [-0.2, 0) is 19.1 Å². The highest BCUT2D eigenvalue weighted by molar-refractivity contribution is 6.32. The summed E-state index contributed by atoms with van der Waals surface area (Å²) in [5.74, 6) is -0.897. The van der Waals surface area contributed by atoms with Crippen molar-refractivity contribution < 1.29 is 19.1 Å².